The van der Waals surface area contributed by atoms with Crippen LogP contribution in [0.25, 0.3) is 0 Å². The van der Waals surface area contributed by atoms with Crippen LogP contribution >= 0.6 is 11.3 Å². The van der Waals surface area contributed by atoms with E-state index in [-0.39, 0.29) is 12.5 Å². The largest absolute Gasteiger partial charge is 0.465 e. The molecule has 1 heterocycles. The lowest BCUT2D eigenvalue weighted by Gasteiger charge is -2.18. The Morgan fingerprint density at radius 2 is 2.04 bits per heavy atom. The zero-order valence-corrected chi connectivity index (χ0v) is 15.4. The molecule has 0 unspecified atom stereocenters. The molecule has 0 aliphatic heterocycles. The van der Waals surface area contributed by atoms with E-state index in [2.05, 4.69) is 24.1 Å². The van der Waals surface area contributed by atoms with Gasteiger partial charge in [0, 0.05) is 4.88 Å². The fourth-order valence-corrected chi connectivity index (χ4v) is 4.37. The van der Waals surface area contributed by atoms with E-state index in [0.717, 1.165) is 29.7 Å². The molecular weight excluding hydrogens is 336 g/mol. The lowest BCUT2D eigenvalue weighted by atomic mass is 9.88. The maximum absolute atomic E-state index is 12.4. The van der Waals surface area contributed by atoms with Gasteiger partial charge in [0.05, 0.1) is 32.3 Å². The van der Waals surface area contributed by atoms with Gasteiger partial charge in [-0.15, -0.1) is 24.2 Å². The van der Waals surface area contributed by atoms with E-state index < -0.39 is 5.97 Å². The van der Waals surface area contributed by atoms with E-state index in [4.69, 9.17) is 17.6 Å². The van der Waals surface area contributed by atoms with Crippen LogP contribution in [-0.4, -0.2) is 43.5 Å². The molecule has 1 atom stereocenters. The summed E-state index contributed by atoms with van der Waals surface area (Å²) in [5, 5.41) is 3.40. The highest BCUT2D eigenvalue weighted by Crippen LogP contribution is 2.39. The molecule has 132 valence electrons. The lowest BCUT2D eigenvalue weighted by Crippen LogP contribution is -2.34. The van der Waals surface area contributed by atoms with Gasteiger partial charge in [-0.3, -0.25) is 9.69 Å². The van der Waals surface area contributed by atoms with Crippen molar-refractivity contribution in [1.29, 1.82) is 0 Å². The minimum atomic E-state index is -0.411. The third kappa shape index (κ3) is 4.63. The second-order valence-electron chi connectivity index (χ2n) is 6.15. The van der Waals surface area contributed by atoms with Gasteiger partial charge in [0.2, 0.25) is 5.91 Å². The summed E-state index contributed by atoms with van der Waals surface area (Å²) in [5.41, 5.74) is 1.50. The van der Waals surface area contributed by atoms with Crippen LogP contribution in [0.2, 0.25) is 0 Å². The first-order valence-electron chi connectivity index (χ1n) is 8.12. The highest BCUT2D eigenvalue weighted by Gasteiger charge is 2.29. The van der Waals surface area contributed by atoms with Crippen molar-refractivity contribution in [2.45, 2.75) is 26.2 Å². The van der Waals surface area contributed by atoms with E-state index >= 15 is 0 Å². The molecule has 0 aromatic carbocycles. The summed E-state index contributed by atoms with van der Waals surface area (Å²) in [5.74, 6) is 4.88. The Morgan fingerprint density at radius 3 is 2.64 bits per heavy atom. The molecule has 0 radical (unpaired) electrons. The maximum Gasteiger partial charge on any atom is 0.341 e. The zero-order valence-electron chi connectivity index (χ0n) is 14.6. The first-order chi connectivity index (χ1) is 12.0. The van der Waals surface area contributed by atoms with Crippen LogP contribution in [-0.2, 0) is 22.4 Å². The molecule has 1 aliphatic carbocycles. The molecule has 1 aliphatic rings. The molecule has 1 aromatic heterocycles. The van der Waals surface area contributed by atoms with Crippen LogP contribution in [0.3, 0.4) is 0 Å². The lowest BCUT2D eigenvalue weighted by molar-refractivity contribution is -0.117. The number of anilines is 1. The molecule has 1 aromatic rings. The van der Waals surface area contributed by atoms with Gasteiger partial charge in [0.1, 0.15) is 5.00 Å². The monoisotopic (exact) mass is 358 g/mol. The van der Waals surface area contributed by atoms with Crippen LogP contribution in [0.15, 0.2) is 0 Å². The van der Waals surface area contributed by atoms with Crippen molar-refractivity contribution in [3.63, 3.8) is 0 Å². The molecule has 0 fully saturated rings. The number of methoxy groups -OCH3 is 1. The number of hydrogen-bond donors (Lipinski definition) is 1. The highest BCUT2D eigenvalue weighted by molar-refractivity contribution is 7.17. The Kier molecular flexibility index (Phi) is 6.64. The number of carbonyl (C=O) groups excluding carboxylic acids is 2. The molecular formula is C19H22N2O3S. The molecule has 0 saturated heterocycles. The van der Waals surface area contributed by atoms with Gasteiger partial charge in [-0.05, 0) is 30.7 Å². The predicted octanol–water partition coefficient (Wildman–Crippen LogP) is 2.17. The van der Waals surface area contributed by atoms with E-state index in [1.54, 1.807) is 4.90 Å². The first kappa shape index (κ1) is 19.1. The maximum atomic E-state index is 12.4. The number of esters is 1. The summed E-state index contributed by atoms with van der Waals surface area (Å²) >= 11 is 1.46. The highest BCUT2D eigenvalue weighted by atomic mass is 32.1. The van der Waals surface area contributed by atoms with E-state index in [1.165, 1.54) is 18.4 Å². The number of hydrogen-bond acceptors (Lipinski definition) is 5. The number of amides is 1. The van der Waals surface area contributed by atoms with Crippen molar-refractivity contribution in [1.82, 2.24) is 4.90 Å². The summed E-state index contributed by atoms with van der Waals surface area (Å²) in [6, 6.07) is 0. The third-order valence-corrected chi connectivity index (χ3v) is 5.32. The SMILES string of the molecule is C#CCN(CC#C)CC(=O)Nc1sc2c(c1C(=O)OC)CC[C@@H](C)C2. The van der Waals surface area contributed by atoms with Crippen LogP contribution in [0, 0.1) is 30.6 Å². The van der Waals surface area contributed by atoms with Gasteiger partial charge < -0.3 is 10.1 Å². The van der Waals surface area contributed by atoms with Gasteiger partial charge in [-0.25, -0.2) is 4.79 Å². The minimum absolute atomic E-state index is 0.0774. The molecule has 2 rings (SSSR count). The number of terminal acetylenes is 2. The molecule has 0 saturated carbocycles. The van der Waals surface area contributed by atoms with Crippen LogP contribution in [0.5, 0.6) is 0 Å². The molecule has 25 heavy (non-hydrogen) atoms. The fraction of sp³-hybridized carbons (Fsp3) is 0.474. The van der Waals surface area contributed by atoms with Gasteiger partial charge in [0.25, 0.3) is 0 Å². The second-order valence-corrected chi connectivity index (χ2v) is 7.25. The average molecular weight is 358 g/mol. The van der Waals surface area contributed by atoms with Gasteiger partial charge >= 0.3 is 5.97 Å². The van der Waals surface area contributed by atoms with Crippen molar-refractivity contribution in [2.75, 3.05) is 32.1 Å². The Morgan fingerprint density at radius 1 is 1.36 bits per heavy atom. The minimum Gasteiger partial charge on any atom is -0.465 e. The Bertz CT molecular complexity index is 723. The number of rotatable bonds is 6. The van der Waals surface area contributed by atoms with Crippen LogP contribution < -0.4 is 5.32 Å². The van der Waals surface area contributed by atoms with Gasteiger partial charge in [-0.1, -0.05) is 18.8 Å². The van der Waals surface area contributed by atoms with E-state index in [0.29, 0.717) is 29.6 Å². The number of nitrogens with zero attached hydrogens (tertiary/aromatic N) is 1. The molecule has 6 heteroatoms. The van der Waals surface area contributed by atoms with Gasteiger partial charge in [-0.2, -0.15) is 0 Å². The topological polar surface area (TPSA) is 58.6 Å². The third-order valence-electron chi connectivity index (χ3n) is 4.15. The van der Waals surface area contributed by atoms with Crippen molar-refractivity contribution in [3.8, 4) is 24.7 Å². The van der Waals surface area contributed by atoms with E-state index in [9.17, 15) is 9.59 Å². The summed E-state index contributed by atoms with van der Waals surface area (Å²) < 4.78 is 4.92. The van der Waals surface area contributed by atoms with Crippen molar-refractivity contribution >= 4 is 28.2 Å². The molecule has 1 N–H and O–H groups in total. The summed E-state index contributed by atoms with van der Waals surface area (Å²) in [6.45, 7) is 2.85. The summed E-state index contributed by atoms with van der Waals surface area (Å²) in [7, 11) is 1.35. The van der Waals surface area contributed by atoms with Crippen LogP contribution in [0.1, 0.15) is 34.1 Å². The van der Waals surface area contributed by atoms with Crippen LogP contribution in [0.4, 0.5) is 5.00 Å². The first-order valence-corrected chi connectivity index (χ1v) is 8.93. The number of ether oxygens (including phenoxy) is 1. The smallest absolute Gasteiger partial charge is 0.341 e. The van der Waals surface area contributed by atoms with E-state index in [1.807, 2.05) is 0 Å². The zero-order chi connectivity index (χ0) is 18.4. The molecule has 1 amide bonds. The van der Waals surface area contributed by atoms with Crippen molar-refractivity contribution in [3.05, 3.63) is 16.0 Å². The number of nitrogens with one attached hydrogen (secondary N) is 1. The Labute approximate surface area is 152 Å². The normalized spacial score (nSPS) is 15.8. The second kappa shape index (κ2) is 8.71. The Balaban J connectivity index is 2.21. The standard InChI is InChI=1S/C19H22N2O3S/c1-5-9-21(10-6-2)12-16(22)20-18-17(19(23)24-4)14-8-7-13(3)11-15(14)25-18/h1-2,13H,7-12H2,3-4H3,(H,20,22)/t13-/m1/s1. The quantitative estimate of drug-likeness (QED) is 0.625. The average Bonchev–Trinajstić information content (AvgIpc) is 2.91. The van der Waals surface area contributed by atoms with Gasteiger partial charge in [0.15, 0.2) is 0 Å². The Hall–Kier alpha value is -2.28. The van der Waals surface area contributed by atoms with Crippen molar-refractivity contribution in [2.24, 2.45) is 5.92 Å². The fourth-order valence-electron chi connectivity index (χ4n) is 2.95. The number of thiophene rings is 1. The molecule has 5 nitrogen and oxygen atoms in total. The number of carbonyl (C=O) groups is 2. The molecule has 0 spiro atoms. The number of fused-ring (bicyclic) bond motifs is 1. The van der Waals surface area contributed by atoms with Crippen molar-refractivity contribution < 1.29 is 14.3 Å². The predicted molar refractivity (Wildman–Crippen MR) is 99.6 cm³/mol. The molecule has 0 bridgehead atoms. The summed E-state index contributed by atoms with van der Waals surface area (Å²) in [4.78, 5) is 27.4. The summed E-state index contributed by atoms with van der Waals surface area (Å²) in [6.07, 6.45) is 13.4.